The van der Waals surface area contributed by atoms with Gasteiger partial charge in [-0.3, -0.25) is 0 Å². The molecule has 0 aliphatic heterocycles. The number of hydrogen-bond acceptors (Lipinski definition) is 4. The first-order valence-electron chi connectivity index (χ1n) is 5.50. The molecule has 0 radical (unpaired) electrons. The summed E-state index contributed by atoms with van der Waals surface area (Å²) in [5.41, 5.74) is 6.17. The second kappa shape index (κ2) is 4.99. The first kappa shape index (κ1) is 11.0. The Labute approximate surface area is 94.6 Å². The molecule has 15 heavy (non-hydrogen) atoms. The number of nitrogens with two attached hydrogens (primary N) is 1. The summed E-state index contributed by atoms with van der Waals surface area (Å²) in [5.74, 6) is 1.68. The Morgan fingerprint density at radius 3 is 2.93 bits per heavy atom. The zero-order chi connectivity index (χ0) is 10.7. The number of thioether (sulfide) groups is 1. The first-order chi connectivity index (χ1) is 7.27. The molecule has 2 rings (SSSR count). The molecule has 0 saturated heterocycles. The van der Waals surface area contributed by atoms with Crippen LogP contribution in [0.2, 0.25) is 0 Å². The maximum Gasteiger partial charge on any atom is 0.190 e. The predicted octanol–water partition coefficient (Wildman–Crippen LogP) is 1.42. The molecule has 0 bridgehead atoms. The second-order valence-electron chi connectivity index (χ2n) is 4.24. The van der Waals surface area contributed by atoms with Crippen molar-refractivity contribution in [2.45, 2.75) is 36.9 Å². The summed E-state index contributed by atoms with van der Waals surface area (Å²) in [6.45, 7) is 0. The lowest BCUT2D eigenvalue weighted by molar-refractivity contribution is 0.463. The summed E-state index contributed by atoms with van der Waals surface area (Å²) < 4.78 is 1.94. The summed E-state index contributed by atoms with van der Waals surface area (Å²) in [4.78, 5) is 0. The van der Waals surface area contributed by atoms with Crippen molar-refractivity contribution in [2.75, 3.05) is 5.75 Å². The molecule has 1 unspecified atom stereocenters. The predicted molar refractivity (Wildman–Crippen MR) is 61.7 cm³/mol. The molecule has 1 atom stereocenters. The maximum atomic E-state index is 6.17. The van der Waals surface area contributed by atoms with E-state index < -0.39 is 0 Å². The Bertz CT molecular complexity index is 306. The van der Waals surface area contributed by atoms with E-state index in [4.69, 9.17) is 5.73 Å². The van der Waals surface area contributed by atoms with Gasteiger partial charge < -0.3 is 10.3 Å². The van der Waals surface area contributed by atoms with Crippen LogP contribution in [0.5, 0.6) is 0 Å². The van der Waals surface area contributed by atoms with Crippen LogP contribution in [0.15, 0.2) is 11.5 Å². The number of rotatable bonds is 4. The molecule has 1 aromatic heterocycles. The van der Waals surface area contributed by atoms with Gasteiger partial charge >= 0.3 is 0 Å². The van der Waals surface area contributed by atoms with Gasteiger partial charge in [-0.2, -0.15) is 0 Å². The molecular weight excluding hydrogens is 208 g/mol. The van der Waals surface area contributed by atoms with Gasteiger partial charge in [0, 0.05) is 18.8 Å². The highest BCUT2D eigenvalue weighted by Crippen LogP contribution is 2.29. The van der Waals surface area contributed by atoms with Crippen molar-refractivity contribution in [1.29, 1.82) is 0 Å². The van der Waals surface area contributed by atoms with Crippen LogP contribution in [0.25, 0.3) is 0 Å². The number of aryl methyl sites for hydroxylation is 1. The van der Waals surface area contributed by atoms with E-state index in [2.05, 4.69) is 10.2 Å². The van der Waals surface area contributed by atoms with Crippen LogP contribution in [-0.2, 0) is 7.05 Å². The van der Waals surface area contributed by atoms with E-state index in [1.165, 1.54) is 25.7 Å². The normalized spacial score (nSPS) is 19.6. The van der Waals surface area contributed by atoms with Crippen LogP contribution >= 0.6 is 11.8 Å². The summed E-state index contributed by atoms with van der Waals surface area (Å²) in [6.07, 6.45) is 7.05. The Balaban J connectivity index is 1.80. The van der Waals surface area contributed by atoms with Gasteiger partial charge in [-0.1, -0.05) is 24.6 Å². The summed E-state index contributed by atoms with van der Waals surface area (Å²) >= 11 is 1.71. The molecule has 1 aromatic rings. The lowest BCUT2D eigenvalue weighted by Crippen LogP contribution is -2.30. The fourth-order valence-electron chi connectivity index (χ4n) is 2.10. The van der Waals surface area contributed by atoms with Gasteiger partial charge in [0.1, 0.15) is 6.33 Å². The molecule has 0 aromatic carbocycles. The number of nitrogens with zero attached hydrogens (tertiary/aromatic N) is 3. The smallest absolute Gasteiger partial charge is 0.190 e. The third kappa shape index (κ3) is 2.72. The van der Waals surface area contributed by atoms with Crippen molar-refractivity contribution in [2.24, 2.45) is 18.7 Å². The second-order valence-corrected chi connectivity index (χ2v) is 5.23. The molecule has 1 fully saturated rings. The third-order valence-corrected chi connectivity index (χ3v) is 4.26. The Morgan fingerprint density at radius 1 is 1.60 bits per heavy atom. The summed E-state index contributed by atoms with van der Waals surface area (Å²) in [6, 6.07) is 0.314. The van der Waals surface area contributed by atoms with Crippen LogP contribution in [0, 0.1) is 5.92 Å². The quantitative estimate of drug-likeness (QED) is 0.789. The number of aromatic nitrogens is 3. The molecule has 0 amide bonds. The van der Waals surface area contributed by atoms with Crippen LogP contribution in [0.1, 0.15) is 25.7 Å². The van der Waals surface area contributed by atoms with Gasteiger partial charge in [-0.05, 0) is 18.8 Å². The van der Waals surface area contributed by atoms with Crippen molar-refractivity contribution >= 4 is 11.8 Å². The summed E-state index contributed by atoms with van der Waals surface area (Å²) in [5, 5.41) is 8.84. The molecule has 1 saturated carbocycles. The minimum Gasteiger partial charge on any atom is -0.327 e. The fraction of sp³-hybridized carbons (Fsp3) is 0.800. The van der Waals surface area contributed by atoms with Gasteiger partial charge in [0.2, 0.25) is 0 Å². The largest absolute Gasteiger partial charge is 0.327 e. The minimum atomic E-state index is 0.314. The lowest BCUT2D eigenvalue weighted by atomic mass is 10.0. The van der Waals surface area contributed by atoms with Crippen molar-refractivity contribution in [3.8, 4) is 0 Å². The van der Waals surface area contributed by atoms with E-state index in [1.54, 1.807) is 18.1 Å². The van der Waals surface area contributed by atoms with Gasteiger partial charge in [-0.25, -0.2) is 0 Å². The van der Waals surface area contributed by atoms with Crippen molar-refractivity contribution < 1.29 is 0 Å². The van der Waals surface area contributed by atoms with Gasteiger partial charge in [0.25, 0.3) is 0 Å². The maximum absolute atomic E-state index is 6.17. The lowest BCUT2D eigenvalue weighted by Gasteiger charge is -2.17. The topological polar surface area (TPSA) is 56.7 Å². The highest BCUT2D eigenvalue weighted by molar-refractivity contribution is 7.99. The fourth-order valence-corrected chi connectivity index (χ4v) is 3.07. The molecule has 1 aliphatic rings. The standard InChI is InChI=1S/C10H18N4S/c1-14-7-12-13-10(14)15-6-9(11)8-4-2-3-5-8/h7-9H,2-6,11H2,1H3. The van der Waals surface area contributed by atoms with E-state index in [-0.39, 0.29) is 0 Å². The summed E-state index contributed by atoms with van der Waals surface area (Å²) in [7, 11) is 1.96. The van der Waals surface area contributed by atoms with Gasteiger partial charge in [0.15, 0.2) is 5.16 Å². The first-order valence-corrected chi connectivity index (χ1v) is 6.48. The monoisotopic (exact) mass is 226 g/mol. The molecule has 4 nitrogen and oxygen atoms in total. The van der Waals surface area contributed by atoms with Crippen LogP contribution in [-0.4, -0.2) is 26.6 Å². The minimum absolute atomic E-state index is 0.314. The Hall–Kier alpha value is -0.550. The average Bonchev–Trinajstić information content (AvgIpc) is 2.85. The highest BCUT2D eigenvalue weighted by Gasteiger charge is 2.22. The van der Waals surface area contributed by atoms with Gasteiger partial charge in [-0.15, -0.1) is 10.2 Å². The molecule has 2 N–H and O–H groups in total. The molecule has 0 spiro atoms. The molecule has 1 aliphatic carbocycles. The van der Waals surface area contributed by atoms with Crippen LogP contribution in [0.4, 0.5) is 0 Å². The van der Waals surface area contributed by atoms with Crippen molar-refractivity contribution in [1.82, 2.24) is 14.8 Å². The zero-order valence-corrected chi connectivity index (χ0v) is 9.91. The molecular formula is C10H18N4S. The van der Waals surface area contributed by atoms with Gasteiger partial charge in [0.05, 0.1) is 0 Å². The molecule has 1 heterocycles. The van der Waals surface area contributed by atoms with E-state index in [9.17, 15) is 0 Å². The van der Waals surface area contributed by atoms with Crippen LogP contribution in [0.3, 0.4) is 0 Å². The zero-order valence-electron chi connectivity index (χ0n) is 9.09. The van der Waals surface area contributed by atoms with E-state index in [0.29, 0.717) is 6.04 Å². The SMILES string of the molecule is Cn1cnnc1SCC(N)C1CCCC1. The third-order valence-electron chi connectivity index (χ3n) is 3.08. The van der Waals surface area contributed by atoms with E-state index >= 15 is 0 Å². The average molecular weight is 226 g/mol. The molecule has 84 valence electrons. The van der Waals surface area contributed by atoms with Crippen molar-refractivity contribution in [3.05, 3.63) is 6.33 Å². The number of hydrogen-bond donors (Lipinski definition) is 1. The van der Waals surface area contributed by atoms with Crippen molar-refractivity contribution in [3.63, 3.8) is 0 Å². The Kier molecular flexibility index (Phi) is 3.64. The van der Waals surface area contributed by atoms with E-state index in [0.717, 1.165) is 16.8 Å². The van der Waals surface area contributed by atoms with E-state index in [1.807, 2.05) is 11.6 Å². The van der Waals surface area contributed by atoms with Crippen LogP contribution < -0.4 is 5.73 Å². The Morgan fingerprint density at radius 2 is 2.33 bits per heavy atom. The molecule has 5 heteroatoms. The highest BCUT2D eigenvalue weighted by atomic mass is 32.2.